The molecule has 4 aromatic rings. The van der Waals surface area contributed by atoms with E-state index in [0.717, 1.165) is 0 Å². The third-order valence-electron chi connectivity index (χ3n) is 4.98. The van der Waals surface area contributed by atoms with Crippen molar-refractivity contribution in [3.8, 4) is 17.1 Å². The van der Waals surface area contributed by atoms with Gasteiger partial charge in [-0.1, -0.05) is 33.8 Å². The Morgan fingerprint density at radius 2 is 1.82 bits per heavy atom. The maximum absolute atomic E-state index is 12.6. The minimum atomic E-state index is -0.546. The van der Waals surface area contributed by atoms with Crippen LogP contribution in [0.25, 0.3) is 11.4 Å². The molecule has 0 saturated heterocycles. The summed E-state index contributed by atoms with van der Waals surface area (Å²) >= 11 is 0. The third-order valence-corrected chi connectivity index (χ3v) is 4.98. The lowest BCUT2D eigenvalue weighted by molar-refractivity contribution is 0.0526. The molecule has 0 atom stereocenters. The molecule has 12 nitrogen and oxygen atoms in total. The number of aromatic nitrogens is 7. The molecular formula is C27H39N9O3. The van der Waals surface area contributed by atoms with Gasteiger partial charge in [0.2, 0.25) is 5.95 Å². The predicted octanol–water partition coefficient (Wildman–Crippen LogP) is 5.77. The van der Waals surface area contributed by atoms with Crippen molar-refractivity contribution in [2.45, 2.75) is 54.5 Å². The molecule has 0 unspecified atom stereocenters. The predicted molar refractivity (Wildman–Crippen MR) is 153 cm³/mol. The third kappa shape index (κ3) is 7.76. The molecule has 0 fully saturated rings. The SMILES string of the molecule is CC.CC.CCOC(=O)c1cnc(Nc2cnn(C(C)C)c2)nc1Nc1cccc(-c2ncn(C)n2)c1OC. The number of benzene rings is 1. The molecule has 0 aliphatic carbocycles. The second kappa shape index (κ2) is 15.1. The van der Waals surface area contributed by atoms with E-state index in [4.69, 9.17) is 9.47 Å². The Balaban J connectivity index is 0.00000127. The van der Waals surface area contributed by atoms with E-state index in [1.165, 1.54) is 6.20 Å². The van der Waals surface area contributed by atoms with Gasteiger partial charge in [0.25, 0.3) is 0 Å². The maximum atomic E-state index is 12.6. The van der Waals surface area contributed by atoms with Crippen LogP contribution >= 0.6 is 0 Å². The Kier molecular flexibility index (Phi) is 11.9. The second-order valence-corrected chi connectivity index (χ2v) is 7.86. The van der Waals surface area contributed by atoms with Gasteiger partial charge in [-0.15, -0.1) is 0 Å². The van der Waals surface area contributed by atoms with Crippen LogP contribution in [0.5, 0.6) is 5.75 Å². The van der Waals surface area contributed by atoms with E-state index in [0.29, 0.717) is 28.5 Å². The number of esters is 1. The summed E-state index contributed by atoms with van der Waals surface area (Å²) in [7, 11) is 3.34. The van der Waals surface area contributed by atoms with Crippen molar-refractivity contribution >= 4 is 29.1 Å². The zero-order valence-corrected chi connectivity index (χ0v) is 24.2. The summed E-state index contributed by atoms with van der Waals surface area (Å²) in [5.74, 6) is 0.994. The first-order valence-electron chi connectivity index (χ1n) is 13.0. The molecule has 0 aliphatic rings. The number of carbonyl (C=O) groups is 1. The number of methoxy groups -OCH3 is 1. The number of ether oxygens (including phenoxy) is 2. The number of anilines is 4. The Morgan fingerprint density at radius 1 is 1.08 bits per heavy atom. The smallest absolute Gasteiger partial charge is 0.343 e. The summed E-state index contributed by atoms with van der Waals surface area (Å²) in [6, 6.07) is 5.71. The molecule has 3 heterocycles. The number of carbonyl (C=O) groups excluding carboxylic acids is 1. The number of hydrogen-bond donors (Lipinski definition) is 2. The first-order chi connectivity index (χ1) is 18.9. The Hall–Kier alpha value is -4.48. The van der Waals surface area contributed by atoms with Crippen LogP contribution in [0.4, 0.5) is 23.1 Å². The van der Waals surface area contributed by atoms with E-state index in [1.807, 2.05) is 70.6 Å². The molecule has 2 N–H and O–H groups in total. The van der Waals surface area contributed by atoms with Crippen LogP contribution in [-0.4, -0.2) is 54.2 Å². The molecular weight excluding hydrogens is 498 g/mol. The molecule has 0 spiro atoms. The van der Waals surface area contributed by atoms with Crippen molar-refractivity contribution in [1.29, 1.82) is 0 Å². The van der Waals surface area contributed by atoms with Crippen LogP contribution in [-0.2, 0) is 11.8 Å². The summed E-state index contributed by atoms with van der Waals surface area (Å²) in [5, 5.41) is 15.0. The van der Waals surface area contributed by atoms with Gasteiger partial charge in [-0.25, -0.2) is 14.8 Å². The highest BCUT2D eigenvalue weighted by molar-refractivity contribution is 5.96. The van der Waals surface area contributed by atoms with Gasteiger partial charge >= 0.3 is 5.97 Å². The Labute approximate surface area is 229 Å². The number of nitrogens with zero attached hydrogens (tertiary/aromatic N) is 7. The van der Waals surface area contributed by atoms with Crippen molar-refractivity contribution in [3.63, 3.8) is 0 Å². The van der Waals surface area contributed by atoms with Gasteiger partial charge in [0, 0.05) is 25.5 Å². The zero-order chi connectivity index (χ0) is 28.9. The van der Waals surface area contributed by atoms with Crippen molar-refractivity contribution in [3.05, 3.63) is 48.7 Å². The minimum absolute atomic E-state index is 0.179. The van der Waals surface area contributed by atoms with Gasteiger partial charge < -0.3 is 20.1 Å². The fraction of sp³-hybridized carbons (Fsp3) is 0.407. The highest BCUT2D eigenvalue weighted by atomic mass is 16.5. The molecule has 0 bridgehead atoms. The molecule has 0 saturated carbocycles. The normalized spacial score (nSPS) is 10.1. The monoisotopic (exact) mass is 537 g/mol. The lowest BCUT2D eigenvalue weighted by Gasteiger charge is -2.16. The van der Waals surface area contributed by atoms with Crippen LogP contribution in [0, 0.1) is 0 Å². The number of hydrogen-bond acceptors (Lipinski definition) is 10. The minimum Gasteiger partial charge on any atom is -0.494 e. The van der Waals surface area contributed by atoms with Crippen molar-refractivity contribution in [2.75, 3.05) is 24.4 Å². The van der Waals surface area contributed by atoms with Crippen LogP contribution in [0.15, 0.2) is 43.1 Å². The standard InChI is InChI=1S/C23H27N9O3.2C2H6/c1-6-35-22(33)17-11-24-23(27-15-10-26-32(12-15)14(2)3)29-21(17)28-18-9-7-8-16(19(18)34-5)20-25-13-31(4)30-20;2*1-2/h7-14H,6H2,1-5H3,(H2,24,27,28,29);2*1-2H3. The molecule has 3 aromatic heterocycles. The molecule has 0 amide bonds. The molecule has 0 radical (unpaired) electrons. The number of aryl methyl sites for hydroxylation is 1. The highest BCUT2D eigenvalue weighted by Crippen LogP contribution is 2.36. The second-order valence-electron chi connectivity index (χ2n) is 7.86. The van der Waals surface area contributed by atoms with Crippen molar-refractivity contribution in [1.82, 2.24) is 34.5 Å². The number of nitrogens with one attached hydrogen (secondary N) is 2. The fourth-order valence-corrected chi connectivity index (χ4v) is 3.33. The zero-order valence-electron chi connectivity index (χ0n) is 24.2. The molecule has 4 rings (SSSR count). The van der Waals surface area contributed by atoms with Gasteiger partial charge in [-0.05, 0) is 32.9 Å². The van der Waals surface area contributed by atoms with E-state index in [1.54, 1.807) is 38.3 Å². The fourth-order valence-electron chi connectivity index (χ4n) is 3.33. The molecule has 1 aromatic carbocycles. The summed E-state index contributed by atoms with van der Waals surface area (Å²) < 4.78 is 14.3. The average Bonchev–Trinajstić information content (AvgIpc) is 3.60. The van der Waals surface area contributed by atoms with E-state index in [2.05, 4.69) is 35.8 Å². The molecule has 0 aliphatic heterocycles. The average molecular weight is 538 g/mol. The summed E-state index contributed by atoms with van der Waals surface area (Å²) in [5.41, 5.74) is 2.15. The number of para-hydroxylation sites is 1. The van der Waals surface area contributed by atoms with Gasteiger partial charge in [0.1, 0.15) is 11.9 Å². The topological polar surface area (TPSA) is 134 Å². The maximum Gasteiger partial charge on any atom is 0.343 e. The highest BCUT2D eigenvalue weighted by Gasteiger charge is 2.20. The van der Waals surface area contributed by atoms with Gasteiger partial charge in [0.15, 0.2) is 17.4 Å². The van der Waals surface area contributed by atoms with E-state index >= 15 is 0 Å². The lowest BCUT2D eigenvalue weighted by Crippen LogP contribution is -2.12. The van der Waals surface area contributed by atoms with Gasteiger partial charge in [-0.2, -0.15) is 15.2 Å². The molecule has 39 heavy (non-hydrogen) atoms. The van der Waals surface area contributed by atoms with Gasteiger partial charge in [0.05, 0.1) is 36.9 Å². The van der Waals surface area contributed by atoms with Crippen LogP contribution in [0.3, 0.4) is 0 Å². The van der Waals surface area contributed by atoms with Crippen molar-refractivity contribution < 1.29 is 14.3 Å². The van der Waals surface area contributed by atoms with E-state index in [9.17, 15) is 4.79 Å². The van der Waals surface area contributed by atoms with Crippen LogP contribution in [0.2, 0.25) is 0 Å². The summed E-state index contributed by atoms with van der Waals surface area (Å²) in [6.07, 6.45) is 6.56. The number of rotatable bonds is 9. The molecule has 12 heteroatoms. The van der Waals surface area contributed by atoms with E-state index in [-0.39, 0.29) is 30.0 Å². The first kappa shape index (κ1) is 30.7. The van der Waals surface area contributed by atoms with Gasteiger partial charge in [-0.3, -0.25) is 9.36 Å². The van der Waals surface area contributed by atoms with Crippen LogP contribution < -0.4 is 15.4 Å². The quantitative estimate of drug-likeness (QED) is 0.253. The summed E-state index contributed by atoms with van der Waals surface area (Å²) in [4.78, 5) is 25.8. The van der Waals surface area contributed by atoms with E-state index < -0.39 is 5.97 Å². The Bertz CT molecular complexity index is 1330. The summed E-state index contributed by atoms with van der Waals surface area (Å²) in [6.45, 7) is 14.0. The van der Waals surface area contributed by atoms with Crippen molar-refractivity contribution in [2.24, 2.45) is 7.05 Å². The lowest BCUT2D eigenvalue weighted by atomic mass is 10.1. The largest absolute Gasteiger partial charge is 0.494 e. The first-order valence-corrected chi connectivity index (χ1v) is 13.0. The van der Waals surface area contributed by atoms with Crippen LogP contribution in [0.1, 0.15) is 64.9 Å². The Morgan fingerprint density at radius 3 is 2.41 bits per heavy atom. The molecule has 210 valence electrons.